The number of rotatable bonds is 1. The Bertz CT molecular complexity index is 278. The summed E-state index contributed by atoms with van der Waals surface area (Å²) < 4.78 is 5.46. The van der Waals surface area contributed by atoms with Crippen molar-refractivity contribution in [3.8, 4) is 5.75 Å². The summed E-state index contributed by atoms with van der Waals surface area (Å²) in [5.74, 6) is 0.985. The second-order valence-electron chi connectivity index (χ2n) is 2.96. The van der Waals surface area contributed by atoms with Gasteiger partial charge in [-0.25, -0.2) is 0 Å². The van der Waals surface area contributed by atoms with E-state index in [2.05, 4.69) is 25.5 Å². The van der Waals surface area contributed by atoms with Gasteiger partial charge < -0.3 is 4.74 Å². The Hall–Kier alpha value is -0.980. The van der Waals surface area contributed by atoms with Gasteiger partial charge in [0, 0.05) is 12.0 Å². The first-order valence-electron chi connectivity index (χ1n) is 4.40. The van der Waals surface area contributed by atoms with Crippen LogP contribution in [-0.4, -0.2) is 6.61 Å². The second kappa shape index (κ2) is 3.18. The molecule has 1 aliphatic heterocycles. The Morgan fingerprint density at radius 1 is 1.50 bits per heavy atom. The zero-order valence-corrected chi connectivity index (χ0v) is 7.26. The Labute approximate surface area is 73.4 Å². The van der Waals surface area contributed by atoms with Crippen LogP contribution in [0.15, 0.2) is 18.2 Å². The van der Waals surface area contributed by atoms with Crippen LogP contribution in [0.5, 0.6) is 5.75 Å². The highest BCUT2D eigenvalue weighted by atomic mass is 16.5. The predicted molar refractivity (Wildman–Crippen MR) is 48.3 cm³/mol. The first-order chi connectivity index (χ1) is 5.90. The van der Waals surface area contributed by atoms with Crippen molar-refractivity contribution in [3.63, 3.8) is 0 Å². The fraction of sp³-hybridized carbons (Fsp3) is 0.364. The molecule has 1 heterocycles. The molecule has 0 spiro atoms. The number of hydrogen-bond acceptors (Lipinski definition) is 1. The molecule has 12 heavy (non-hydrogen) atoms. The van der Waals surface area contributed by atoms with Crippen LogP contribution in [0.1, 0.15) is 24.5 Å². The average Bonchev–Trinajstić information content (AvgIpc) is 2.17. The van der Waals surface area contributed by atoms with Gasteiger partial charge in [-0.1, -0.05) is 19.1 Å². The number of hydrogen-bond donors (Lipinski definition) is 0. The summed E-state index contributed by atoms with van der Waals surface area (Å²) in [6, 6.07) is 6.32. The Kier molecular flexibility index (Phi) is 2.03. The molecule has 2 radical (unpaired) electrons. The van der Waals surface area contributed by atoms with Crippen LogP contribution in [0.3, 0.4) is 0 Å². The van der Waals surface area contributed by atoms with E-state index < -0.39 is 0 Å². The third-order valence-corrected chi connectivity index (χ3v) is 2.13. The van der Waals surface area contributed by atoms with Crippen LogP contribution in [0, 0.1) is 6.42 Å². The zero-order valence-electron chi connectivity index (χ0n) is 7.26. The van der Waals surface area contributed by atoms with Crippen LogP contribution < -0.4 is 4.74 Å². The number of fused-ring (bicyclic) bond motifs is 1. The largest absolute Gasteiger partial charge is 0.493 e. The predicted octanol–water partition coefficient (Wildman–Crippen LogP) is 2.46. The number of aryl methyl sites for hydroxylation is 1. The minimum atomic E-state index is 0.776. The van der Waals surface area contributed by atoms with Gasteiger partial charge in [-0.05, 0) is 24.5 Å². The van der Waals surface area contributed by atoms with E-state index in [1.807, 2.05) is 6.07 Å². The highest BCUT2D eigenvalue weighted by Gasteiger charge is 2.10. The van der Waals surface area contributed by atoms with Gasteiger partial charge in [-0.2, -0.15) is 0 Å². The van der Waals surface area contributed by atoms with Crippen molar-refractivity contribution in [2.75, 3.05) is 6.61 Å². The maximum atomic E-state index is 5.46. The normalized spacial score (nSPS) is 15.1. The number of benzene rings is 1. The summed E-state index contributed by atoms with van der Waals surface area (Å²) in [6.07, 6.45) is 5.31. The standard InChI is InChI=1S/C11H12O/c1-2-9-5-6-11-10(8-9)4-3-7-12-11/h5-6,8H,2-3,7H2,1H3. The minimum Gasteiger partial charge on any atom is -0.493 e. The topological polar surface area (TPSA) is 9.23 Å². The van der Waals surface area contributed by atoms with E-state index in [1.165, 1.54) is 5.56 Å². The molecule has 0 N–H and O–H groups in total. The third kappa shape index (κ3) is 1.31. The first-order valence-corrected chi connectivity index (χ1v) is 4.40. The molecule has 0 fully saturated rings. The monoisotopic (exact) mass is 160 g/mol. The van der Waals surface area contributed by atoms with Crippen LogP contribution >= 0.6 is 0 Å². The molecule has 62 valence electrons. The lowest BCUT2D eigenvalue weighted by Crippen LogP contribution is -2.06. The maximum absolute atomic E-state index is 5.46. The Morgan fingerprint density at radius 3 is 3.25 bits per heavy atom. The van der Waals surface area contributed by atoms with E-state index in [0.29, 0.717) is 0 Å². The molecule has 0 amide bonds. The lowest BCUT2D eigenvalue weighted by atomic mass is 10.0. The molecule has 1 nitrogen and oxygen atoms in total. The highest BCUT2D eigenvalue weighted by molar-refractivity contribution is 5.43. The molecule has 0 saturated carbocycles. The van der Waals surface area contributed by atoms with Crippen molar-refractivity contribution < 1.29 is 4.74 Å². The zero-order chi connectivity index (χ0) is 8.39. The number of ether oxygens (including phenoxy) is 1. The van der Waals surface area contributed by atoms with E-state index in [9.17, 15) is 0 Å². The van der Waals surface area contributed by atoms with Gasteiger partial charge >= 0.3 is 0 Å². The molecule has 1 aliphatic rings. The molecule has 0 saturated heterocycles. The lowest BCUT2D eigenvalue weighted by Gasteiger charge is -2.16. The molecular formula is C11H12O. The Balaban J connectivity index is 2.36. The van der Waals surface area contributed by atoms with E-state index in [0.717, 1.165) is 30.8 Å². The molecule has 1 aromatic carbocycles. The second-order valence-corrected chi connectivity index (χ2v) is 2.96. The van der Waals surface area contributed by atoms with Crippen molar-refractivity contribution in [1.82, 2.24) is 0 Å². The molecule has 1 heteroatoms. The summed E-state index contributed by atoms with van der Waals surface area (Å²) >= 11 is 0. The van der Waals surface area contributed by atoms with Crippen LogP contribution in [-0.2, 0) is 6.42 Å². The molecule has 0 unspecified atom stereocenters. The van der Waals surface area contributed by atoms with Crippen molar-refractivity contribution in [2.24, 2.45) is 0 Å². The summed E-state index contributed by atoms with van der Waals surface area (Å²) in [5, 5.41) is 0. The molecule has 1 aromatic rings. The molecule has 0 bridgehead atoms. The van der Waals surface area contributed by atoms with Gasteiger partial charge in [0.25, 0.3) is 0 Å². The van der Waals surface area contributed by atoms with Crippen LogP contribution in [0.4, 0.5) is 0 Å². The maximum Gasteiger partial charge on any atom is 0.123 e. The Morgan fingerprint density at radius 2 is 2.42 bits per heavy atom. The van der Waals surface area contributed by atoms with E-state index >= 15 is 0 Å². The molecular weight excluding hydrogens is 148 g/mol. The van der Waals surface area contributed by atoms with Gasteiger partial charge in [0.05, 0.1) is 6.61 Å². The average molecular weight is 160 g/mol. The van der Waals surface area contributed by atoms with Gasteiger partial charge in [-0.15, -0.1) is 0 Å². The van der Waals surface area contributed by atoms with Crippen molar-refractivity contribution in [2.45, 2.75) is 19.8 Å². The van der Waals surface area contributed by atoms with Gasteiger partial charge in [0.2, 0.25) is 0 Å². The van der Waals surface area contributed by atoms with Crippen molar-refractivity contribution in [1.29, 1.82) is 0 Å². The highest BCUT2D eigenvalue weighted by Crippen LogP contribution is 2.26. The fourth-order valence-corrected chi connectivity index (χ4v) is 1.41. The fourth-order valence-electron chi connectivity index (χ4n) is 1.41. The van der Waals surface area contributed by atoms with Crippen LogP contribution in [0.25, 0.3) is 0 Å². The third-order valence-electron chi connectivity index (χ3n) is 2.13. The molecule has 0 aliphatic carbocycles. The smallest absolute Gasteiger partial charge is 0.123 e. The van der Waals surface area contributed by atoms with E-state index in [4.69, 9.17) is 4.74 Å². The van der Waals surface area contributed by atoms with Gasteiger partial charge in [-0.3, -0.25) is 0 Å². The summed E-state index contributed by atoms with van der Waals surface area (Å²) in [4.78, 5) is 0. The van der Waals surface area contributed by atoms with Crippen molar-refractivity contribution >= 4 is 0 Å². The van der Waals surface area contributed by atoms with Gasteiger partial charge in [0.1, 0.15) is 5.75 Å². The quantitative estimate of drug-likeness (QED) is 0.613. The van der Waals surface area contributed by atoms with E-state index in [1.54, 1.807) is 0 Å². The lowest BCUT2D eigenvalue weighted by molar-refractivity contribution is 0.306. The summed E-state index contributed by atoms with van der Waals surface area (Å²) in [7, 11) is 0. The van der Waals surface area contributed by atoms with Crippen LogP contribution in [0.2, 0.25) is 0 Å². The van der Waals surface area contributed by atoms with E-state index in [-0.39, 0.29) is 0 Å². The molecule has 2 rings (SSSR count). The summed E-state index contributed by atoms with van der Waals surface area (Å²) in [5.41, 5.74) is 2.49. The minimum absolute atomic E-state index is 0.776. The van der Waals surface area contributed by atoms with Crippen molar-refractivity contribution in [3.05, 3.63) is 35.7 Å². The van der Waals surface area contributed by atoms with Gasteiger partial charge in [0.15, 0.2) is 0 Å². The molecule has 0 atom stereocenters. The summed E-state index contributed by atoms with van der Waals surface area (Å²) in [6.45, 7) is 2.93. The first kappa shape index (κ1) is 7.66. The molecule has 0 aromatic heterocycles. The SMILES string of the molecule is CCc1ccc2c(c1)[C]CCO2.